The fourth-order valence-corrected chi connectivity index (χ4v) is 2.45. The molecule has 0 unspecified atom stereocenters. The van der Waals surface area contributed by atoms with Crippen LogP contribution in [0.3, 0.4) is 0 Å². The molecule has 0 saturated carbocycles. The maximum absolute atomic E-state index is 13.0. The zero-order valence-corrected chi connectivity index (χ0v) is 12.3. The lowest BCUT2D eigenvalue weighted by Crippen LogP contribution is -2.32. The normalized spacial score (nSPS) is 24.0. The van der Waals surface area contributed by atoms with E-state index >= 15 is 0 Å². The molecule has 1 aromatic rings. The number of carbonyl (C=O) groups excluding carboxylic acids is 2. The number of ether oxygens (including phenoxy) is 2. The number of dihydropyridines is 1. The lowest BCUT2D eigenvalue weighted by molar-refractivity contribution is -0.385. The van der Waals surface area contributed by atoms with E-state index < -0.39 is 84.4 Å². The van der Waals surface area contributed by atoms with Crippen LogP contribution < -0.4 is 5.32 Å². The Morgan fingerprint density at radius 3 is 2.16 bits per heavy atom. The van der Waals surface area contributed by atoms with Gasteiger partial charge in [-0.05, 0) is 13.7 Å². The SMILES string of the molecule is [2H]C([2H])([2H])OC(=O)C1=C(C([2H])([2H])[2H])NC(C([2H])([2H])[2H])=C(C(=O)OC([2H])([2H])[2H])C1c1ccccc1[N+](=O)[O-]. The van der Waals surface area contributed by atoms with Gasteiger partial charge < -0.3 is 14.8 Å². The molecule has 1 heterocycles. The summed E-state index contributed by atoms with van der Waals surface area (Å²) in [6, 6.07) is 4.13. The van der Waals surface area contributed by atoms with Gasteiger partial charge in [-0.25, -0.2) is 9.59 Å². The van der Waals surface area contributed by atoms with Gasteiger partial charge in [0.1, 0.15) is 0 Å². The second-order valence-electron chi connectivity index (χ2n) is 4.73. The van der Waals surface area contributed by atoms with Crippen LogP contribution in [-0.2, 0) is 19.1 Å². The molecule has 0 spiro atoms. The van der Waals surface area contributed by atoms with Gasteiger partial charge in [0, 0.05) is 31.2 Å². The number of esters is 2. The highest BCUT2D eigenvalue weighted by atomic mass is 16.6. The number of nitro benzene ring substituents is 1. The molecule has 0 amide bonds. The Balaban J connectivity index is 3.11. The first-order chi connectivity index (χ1) is 16.5. The van der Waals surface area contributed by atoms with E-state index in [1.165, 1.54) is 0 Å². The predicted octanol–water partition coefficient (Wildman–Crippen LogP) is 2.18. The van der Waals surface area contributed by atoms with Gasteiger partial charge in [-0.2, -0.15) is 0 Å². The molecular formula is C17H18N2O6. The van der Waals surface area contributed by atoms with Crippen molar-refractivity contribution in [2.24, 2.45) is 0 Å². The van der Waals surface area contributed by atoms with Crippen LogP contribution >= 0.6 is 0 Å². The fourth-order valence-electron chi connectivity index (χ4n) is 2.45. The number of hydrogen-bond donors (Lipinski definition) is 1. The van der Waals surface area contributed by atoms with Crippen LogP contribution in [-0.4, -0.2) is 30.9 Å². The lowest BCUT2D eigenvalue weighted by atomic mass is 9.79. The average molecular weight is 358 g/mol. The molecule has 25 heavy (non-hydrogen) atoms. The summed E-state index contributed by atoms with van der Waals surface area (Å²) in [6.45, 7) is -6.78. The van der Waals surface area contributed by atoms with Gasteiger partial charge in [-0.15, -0.1) is 0 Å². The molecule has 8 heteroatoms. The summed E-state index contributed by atoms with van der Waals surface area (Å²) in [7, 11) is -6.94. The zero-order valence-electron chi connectivity index (χ0n) is 24.3. The van der Waals surface area contributed by atoms with E-state index in [4.69, 9.17) is 16.4 Å². The van der Waals surface area contributed by atoms with Crippen LogP contribution in [0.2, 0.25) is 0 Å². The van der Waals surface area contributed by atoms with Crippen molar-refractivity contribution >= 4 is 17.6 Å². The highest BCUT2D eigenvalue weighted by Gasteiger charge is 2.40. The molecule has 0 saturated heterocycles. The van der Waals surface area contributed by atoms with Crippen LogP contribution in [0.5, 0.6) is 0 Å². The molecule has 0 radical (unpaired) electrons. The van der Waals surface area contributed by atoms with E-state index in [2.05, 4.69) is 9.47 Å². The molecule has 1 aromatic carbocycles. The summed E-state index contributed by atoms with van der Waals surface area (Å²) >= 11 is 0. The van der Waals surface area contributed by atoms with Crippen molar-refractivity contribution in [2.45, 2.75) is 19.6 Å². The summed E-state index contributed by atoms with van der Waals surface area (Å²) in [6.07, 6.45) is 0. The van der Waals surface area contributed by atoms with E-state index in [1.807, 2.05) is 5.32 Å². The maximum Gasteiger partial charge on any atom is 0.336 e. The summed E-state index contributed by atoms with van der Waals surface area (Å²) in [5.74, 6) is -6.10. The van der Waals surface area contributed by atoms with Crippen LogP contribution in [0.4, 0.5) is 5.69 Å². The first kappa shape index (κ1) is 7.81. The van der Waals surface area contributed by atoms with E-state index in [9.17, 15) is 19.7 Å². The zero-order chi connectivity index (χ0) is 28.7. The van der Waals surface area contributed by atoms with E-state index in [0.29, 0.717) is 0 Å². The molecule has 2 rings (SSSR count). The van der Waals surface area contributed by atoms with Gasteiger partial charge in [-0.3, -0.25) is 10.1 Å². The van der Waals surface area contributed by atoms with Crippen molar-refractivity contribution < 1.29 is 40.4 Å². The standard InChI is InChI=1S/C17H18N2O6/c1-9-13(16(20)24-3)15(14(10(2)18-9)17(21)25-4)11-7-5-6-8-12(11)19(22)23/h5-8,15,18H,1-4H3/i1D3,2D3,3D3,4D3. The predicted molar refractivity (Wildman–Crippen MR) is 88.4 cm³/mol. The molecule has 0 fully saturated rings. The smallest absolute Gasteiger partial charge is 0.336 e. The quantitative estimate of drug-likeness (QED) is 0.499. The van der Waals surface area contributed by atoms with Crippen molar-refractivity contribution in [1.29, 1.82) is 0 Å². The maximum atomic E-state index is 13.0. The van der Waals surface area contributed by atoms with Crippen LogP contribution in [0.25, 0.3) is 0 Å². The molecule has 0 aromatic heterocycles. The number of benzene rings is 1. The molecule has 1 aliphatic heterocycles. The number of rotatable bonds is 4. The molecule has 132 valence electrons. The number of hydrogen-bond acceptors (Lipinski definition) is 7. The Hall–Kier alpha value is -3.16. The van der Waals surface area contributed by atoms with Gasteiger partial charge in [0.2, 0.25) is 0 Å². The minimum Gasteiger partial charge on any atom is -0.466 e. The van der Waals surface area contributed by atoms with Crippen molar-refractivity contribution in [1.82, 2.24) is 5.32 Å². The number of allylic oxidation sites excluding steroid dienone is 2. The minimum atomic E-state index is -3.47. The second kappa shape index (κ2) is 7.16. The molecule has 1 aliphatic rings. The van der Waals surface area contributed by atoms with Gasteiger partial charge in [0.15, 0.2) is 0 Å². The van der Waals surface area contributed by atoms with Crippen LogP contribution in [0, 0.1) is 10.1 Å². The minimum absolute atomic E-state index is 0.646. The van der Waals surface area contributed by atoms with Crippen molar-refractivity contribution in [3.63, 3.8) is 0 Å². The highest BCUT2D eigenvalue weighted by Crippen LogP contribution is 2.42. The Morgan fingerprint density at radius 2 is 1.68 bits per heavy atom. The van der Waals surface area contributed by atoms with E-state index in [0.717, 1.165) is 24.3 Å². The molecule has 0 bridgehead atoms. The first-order valence-corrected chi connectivity index (χ1v) is 6.51. The van der Waals surface area contributed by atoms with Gasteiger partial charge in [0.25, 0.3) is 5.69 Å². The van der Waals surface area contributed by atoms with E-state index in [-0.39, 0.29) is 0 Å². The topological polar surface area (TPSA) is 108 Å². The third-order valence-electron chi connectivity index (χ3n) is 3.44. The molecule has 0 atom stereocenters. The number of methoxy groups -OCH3 is 2. The molecule has 1 N–H and O–H groups in total. The third kappa shape index (κ3) is 3.23. The Labute approximate surface area is 161 Å². The number of carbonyl (C=O) groups is 2. The lowest BCUT2D eigenvalue weighted by Gasteiger charge is -2.29. The molecule has 8 nitrogen and oxygen atoms in total. The summed E-state index contributed by atoms with van der Waals surface area (Å²) < 4.78 is 98.7. The summed E-state index contributed by atoms with van der Waals surface area (Å²) in [5.41, 5.74) is -6.30. The Morgan fingerprint density at radius 1 is 1.12 bits per heavy atom. The molecular weight excluding hydrogens is 328 g/mol. The van der Waals surface area contributed by atoms with Crippen LogP contribution in [0.15, 0.2) is 46.8 Å². The van der Waals surface area contributed by atoms with Gasteiger partial charge >= 0.3 is 11.9 Å². The van der Waals surface area contributed by atoms with Gasteiger partial charge in [0.05, 0.1) is 44.3 Å². The average Bonchev–Trinajstić information content (AvgIpc) is 2.68. The van der Waals surface area contributed by atoms with Crippen molar-refractivity contribution in [3.05, 3.63) is 62.5 Å². The first-order valence-electron chi connectivity index (χ1n) is 12.5. The number of nitro groups is 1. The summed E-state index contributed by atoms with van der Waals surface area (Å²) in [5, 5.41) is 13.7. The Bertz CT molecular complexity index is 1110. The summed E-state index contributed by atoms with van der Waals surface area (Å²) in [4.78, 5) is 36.8. The van der Waals surface area contributed by atoms with E-state index in [1.54, 1.807) is 0 Å². The second-order valence-corrected chi connectivity index (χ2v) is 4.73. The van der Waals surface area contributed by atoms with Gasteiger partial charge in [-0.1, -0.05) is 18.2 Å². The molecule has 0 aliphatic carbocycles. The number of para-hydroxylation sites is 1. The van der Waals surface area contributed by atoms with Crippen molar-refractivity contribution in [2.75, 3.05) is 14.1 Å². The Kier molecular flexibility index (Phi) is 2.24. The van der Waals surface area contributed by atoms with Crippen LogP contribution in [0.1, 0.15) is 41.6 Å². The fraction of sp³-hybridized carbons (Fsp3) is 0.294. The largest absolute Gasteiger partial charge is 0.466 e. The number of nitrogens with one attached hydrogen (secondary N) is 1. The monoisotopic (exact) mass is 358 g/mol. The number of nitrogens with zero attached hydrogens (tertiary/aromatic N) is 1. The highest BCUT2D eigenvalue weighted by molar-refractivity contribution is 6.00. The third-order valence-corrected chi connectivity index (χ3v) is 3.44. The van der Waals surface area contributed by atoms with Crippen molar-refractivity contribution in [3.8, 4) is 0 Å².